The fraction of sp³-hybridized carbons (Fsp3) is 0.174. The van der Waals surface area contributed by atoms with Gasteiger partial charge in [-0.15, -0.1) is 0 Å². The molecule has 8 heteroatoms. The molecule has 0 unspecified atom stereocenters. The zero-order valence-electron chi connectivity index (χ0n) is 17.6. The Labute approximate surface area is 181 Å². The van der Waals surface area contributed by atoms with Crippen molar-refractivity contribution in [3.8, 4) is 11.5 Å². The Balaban J connectivity index is 1.57. The zero-order valence-corrected chi connectivity index (χ0v) is 17.6. The van der Waals surface area contributed by atoms with Crippen LogP contribution in [0.25, 0.3) is 0 Å². The van der Waals surface area contributed by atoms with E-state index in [2.05, 4.69) is 40.3 Å². The lowest BCUT2D eigenvalue weighted by atomic mass is 10.0. The number of hydrogen-bond acceptors (Lipinski definition) is 5. The molecule has 4 N–H and O–H groups in total. The van der Waals surface area contributed by atoms with Gasteiger partial charge in [-0.25, -0.2) is 4.79 Å². The van der Waals surface area contributed by atoms with Crippen LogP contribution in [-0.4, -0.2) is 24.0 Å². The van der Waals surface area contributed by atoms with Crippen molar-refractivity contribution >= 4 is 23.3 Å². The Morgan fingerprint density at radius 1 is 0.935 bits per heavy atom. The Kier molecular flexibility index (Phi) is 7.05. The first-order chi connectivity index (χ1) is 14.9. The van der Waals surface area contributed by atoms with Gasteiger partial charge in [0.15, 0.2) is 0 Å². The van der Waals surface area contributed by atoms with Gasteiger partial charge in [0, 0.05) is 31.1 Å². The van der Waals surface area contributed by atoms with Crippen molar-refractivity contribution in [2.75, 3.05) is 17.8 Å². The van der Waals surface area contributed by atoms with Gasteiger partial charge >= 0.3 is 6.03 Å². The lowest BCUT2D eigenvalue weighted by Crippen LogP contribution is -2.33. The van der Waals surface area contributed by atoms with Gasteiger partial charge < -0.3 is 15.4 Å². The van der Waals surface area contributed by atoms with Gasteiger partial charge in [-0.1, -0.05) is 32.0 Å². The molecule has 2 aromatic carbocycles. The summed E-state index contributed by atoms with van der Waals surface area (Å²) in [4.78, 5) is 27.9. The number of hydrazine groups is 1. The van der Waals surface area contributed by atoms with E-state index in [4.69, 9.17) is 4.74 Å². The molecule has 0 saturated carbocycles. The molecule has 3 amide bonds. The average molecular weight is 419 g/mol. The molecule has 31 heavy (non-hydrogen) atoms. The van der Waals surface area contributed by atoms with Gasteiger partial charge in [0.1, 0.15) is 17.2 Å². The molecule has 0 radical (unpaired) electrons. The van der Waals surface area contributed by atoms with Crippen molar-refractivity contribution < 1.29 is 14.3 Å². The number of amides is 3. The number of rotatable bonds is 7. The highest BCUT2D eigenvalue weighted by Gasteiger charge is 2.08. The summed E-state index contributed by atoms with van der Waals surface area (Å²) >= 11 is 0. The van der Waals surface area contributed by atoms with Crippen molar-refractivity contribution in [2.45, 2.75) is 19.8 Å². The fourth-order valence-electron chi connectivity index (χ4n) is 2.74. The van der Waals surface area contributed by atoms with Gasteiger partial charge in [0.25, 0.3) is 5.91 Å². The molecule has 8 nitrogen and oxygen atoms in total. The third-order valence-electron chi connectivity index (χ3n) is 4.42. The Bertz CT molecular complexity index is 1050. The van der Waals surface area contributed by atoms with Crippen LogP contribution < -0.4 is 26.2 Å². The largest absolute Gasteiger partial charge is 0.457 e. The second-order valence-electron chi connectivity index (χ2n) is 7.07. The number of benzene rings is 2. The van der Waals surface area contributed by atoms with E-state index in [1.807, 2.05) is 24.3 Å². The SMILES string of the molecule is CNC(=O)c1cc(Oc2cccc(NNC(=O)Nc3ccc(C(C)C)cc3)c2)ccn1. The Hall–Kier alpha value is -4.07. The van der Waals surface area contributed by atoms with Crippen LogP contribution in [0, 0.1) is 0 Å². The molecule has 0 aliphatic rings. The lowest BCUT2D eigenvalue weighted by molar-refractivity contribution is 0.0958. The summed E-state index contributed by atoms with van der Waals surface area (Å²) in [6.45, 7) is 4.23. The van der Waals surface area contributed by atoms with E-state index in [0.717, 1.165) is 0 Å². The highest BCUT2D eigenvalue weighted by molar-refractivity contribution is 5.92. The number of anilines is 2. The van der Waals surface area contributed by atoms with E-state index in [0.29, 0.717) is 28.8 Å². The predicted molar refractivity (Wildman–Crippen MR) is 120 cm³/mol. The first-order valence-corrected chi connectivity index (χ1v) is 9.83. The summed E-state index contributed by atoms with van der Waals surface area (Å²) in [5, 5.41) is 5.29. The van der Waals surface area contributed by atoms with Gasteiger partial charge in [-0.3, -0.25) is 20.6 Å². The molecule has 1 heterocycles. The topological polar surface area (TPSA) is 104 Å². The summed E-state index contributed by atoms with van der Waals surface area (Å²) in [5.74, 6) is 1.14. The molecule has 0 aliphatic carbocycles. The number of nitrogens with zero attached hydrogens (tertiary/aromatic N) is 1. The molecule has 0 bridgehead atoms. The van der Waals surface area contributed by atoms with E-state index in [-0.39, 0.29) is 11.6 Å². The number of carbonyl (C=O) groups excluding carboxylic acids is 2. The second kappa shape index (κ2) is 10.1. The fourth-order valence-corrected chi connectivity index (χ4v) is 2.74. The van der Waals surface area contributed by atoms with Gasteiger partial charge in [-0.2, -0.15) is 0 Å². The third-order valence-corrected chi connectivity index (χ3v) is 4.42. The Morgan fingerprint density at radius 2 is 1.68 bits per heavy atom. The third kappa shape index (κ3) is 6.20. The lowest BCUT2D eigenvalue weighted by Gasteiger charge is -2.12. The van der Waals surface area contributed by atoms with Crippen molar-refractivity contribution in [3.05, 3.63) is 78.1 Å². The highest BCUT2D eigenvalue weighted by atomic mass is 16.5. The molecule has 0 fully saturated rings. The molecular formula is C23H25N5O3. The van der Waals surface area contributed by atoms with Gasteiger partial charge in [-0.05, 0) is 41.8 Å². The number of aromatic nitrogens is 1. The monoisotopic (exact) mass is 419 g/mol. The van der Waals surface area contributed by atoms with E-state index in [1.165, 1.54) is 18.8 Å². The number of ether oxygens (including phenoxy) is 1. The second-order valence-corrected chi connectivity index (χ2v) is 7.07. The van der Waals surface area contributed by atoms with Crippen molar-refractivity contribution in [1.82, 2.24) is 15.7 Å². The minimum atomic E-state index is -0.395. The van der Waals surface area contributed by atoms with Crippen LogP contribution in [0.3, 0.4) is 0 Å². The minimum Gasteiger partial charge on any atom is -0.457 e. The van der Waals surface area contributed by atoms with Crippen molar-refractivity contribution in [3.63, 3.8) is 0 Å². The highest BCUT2D eigenvalue weighted by Crippen LogP contribution is 2.24. The summed E-state index contributed by atoms with van der Waals surface area (Å²) < 4.78 is 5.80. The van der Waals surface area contributed by atoms with Crippen LogP contribution in [0.5, 0.6) is 11.5 Å². The quantitative estimate of drug-likeness (QED) is 0.422. The maximum absolute atomic E-state index is 12.1. The first-order valence-electron chi connectivity index (χ1n) is 9.83. The normalized spacial score (nSPS) is 10.3. The van der Waals surface area contributed by atoms with Crippen LogP contribution in [0.4, 0.5) is 16.2 Å². The molecule has 0 spiro atoms. The maximum Gasteiger partial charge on any atom is 0.337 e. The maximum atomic E-state index is 12.1. The molecule has 160 valence electrons. The first kappa shape index (κ1) is 21.6. The number of urea groups is 1. The molecule has 3 rings (SSSR count). The van der Waals surface area contributed by atoms with Crippen molar-refractivity contribution in [1.29, 1.82) is 0 Å². The smallest absolute Gasteiger partial charge is 0.337 e. The minimum absolute atomic E-state index is 0.258. The standard InChI is InChI=1S/C23H25N5O3/c1-15(2)16-7-9-17(10-8-16)26-23(30)28-27-18-5-4-6-19(13-18)31-20-11-12-25-21(14-20)22(29)24-3/h4-15,27H,1-3H3,(H,24,29)(H2,26,28,30). The molecule has 0 aliphatic heterocycles. The number of nitrogens with one attached hydrogen (secondary N) is 4. The van der Waals surface area contributed by atoms with E-state index >= 15 is 0 Å². The van der Waals surface area contributed by atoms with Gasteiger partial charge in [0.2, 0.25) is 0 Å². The molecule has 1 aromatic heterocycles. The number of carbonyl (C=O) groups is 2. The van der Waals surface area contributed by atoms with Gasteiger partial charge in [0.05, 0.1) is 5.69 Å². The van der Waals surface area contributed by atoms with E-state index < -0.39 is 6.03 Å². The summed E-state index contributed by atoms with van der Waals surface area (Å²) in [5.41, 5.74) is 8.22. The van der Waals surface area contributed by atoms with Crippen molar-refractivity contribution in [2.24, 2.45) is 0 Å². The Morgan fingerprint density at radius 3 is 2.39 bits per heavy atom. The molecule has 0 saturated heterocycles. The van der Waals surface area contributed by atoms with Crippen LogP contribution in [-0.2, 0) is 0 Å². The van der Waals surface area contributed by atoms with Crippen LogP contribution in [0.15, 0.2) is 66.9 Å². The van der Waals surface area contributed by atoms with Crippen LogP contribution in [0.2, 0.25) is 0 Å². The van der Waals surface area contributed by atoms with E-state index in [1.54, 1.807) is 36.4 Å². The predicted octanol–water partition coefficient (Wildman–Crippen LogP) is 4.51. The van der Waals surface area contributed by atoms with Crippen LogP contribution in [0.1, 0.15) is 35.8 Å². The average Bonchev–Trinajstić information content (AvgIpc) is 2.78. The molecule has 0 atom stereocenters. The summed E-state index contributed by atoms with van der Waals surface area (Å²) in [6, 6.07) is 17.6. The molecular weight excluding hydrogens is 394 g/mol. The summed E-state index contributed by atoms with van der Waals surface area (Å²) in [7, 11) is 1.54. The molecule has 3 aromatic rings. The number of hydrogen-bond donors (Lipinski definition) is 4. The number of pyridine rings is 1. The van der Waals surface area contributed by atoms with E-state index in [9.17, 15) is 9.59 Å². The van der Waals surface area contributed by atoms with Crippen LogP contribution >= 0.6 is 0 Å². The summed E-state index contributed by atoms with van der Waals surface area (Å²) in [6.07, 6.45) is 1.50. The zero-order chi connectivity index (χ0) is 22.2.